The van der Waals surface area contributed by atoms with Crippen LogP contribution in [0.3, 0.4) is 0 Å². The predicted molar refractivity (Wildman–Crippen MR) is 103 cm³/mol. The zero-order valence-electron chi connectivity index (χ0n) is 15.4. The van der Waals surface area contributed by atoms with Gasteiger partial charge in [-0.05, 0) is 56.9 Å². The standard InChI is InChI=1S/C20H22N6O/c1-20(2,27)8-4-5-14-9-16-12-24-26(19(16)21-11-14)17-7-3-6-15(10-17)18-22-13-23-25-18/h3,6-7,9-13,27H,4-5,8H2,1-2H3,(H,22,23,25). The zero-order chi connectivity index (χ0) is 18.9. The van der Waals surface area contributed by atoms with E-state index < -0.39 is 5.60 Å². The lowest BCUT2D eigenvalue weighted by atomic mass is 9.99. The first-order chi connectivity index (χ1) is 13.0. The van der Waals surface area contributed by atoms with E-state index >= 15 is 0 Å². The van der Waals surface area contributed by atoms with Crippen LogP contribution in [0.2, 0.25) is 0 Å². The number of benzene rings is 1. The quantitative estimate of drug-likeness (QED) is 0.549. The molecule has 0 unspecified atom stereocenters. The summed E-state index contributed by atoms with van der Waals surface area (Å²) in [6.45, 7) is 3.68. The van der Waals surface area contributed by atoms with E-state index in [-0.39, 0.29) is 0 Å². The number of aromatic nitrogens is 6. The number of fused-ring (bicyclic) bond motifs is 1. The highest BCUT2D eigenvalue weighted by atomic mass is 16.3. The van der Waals surface area contributed by atoms with E-state index in [9.17, 15) is 5.11 Å². The lowest BCUT2D eigenvalue weighted by Crippen LogP contribution is -2.18. The summed E-state index contributed by atoms with van der Waals surface area (Å²) in [5, 5.41) is 22.1. The van der Waals surface area contributed by atoms with Crippen LogP contribution in [0, 0.1) is 0 Å². The first-order valence-electron chi connectivity index (χ1n) is 9.01. The SMILES string of the molecule is CC(C)(O)CCCc1cnc2c(cnn2-c2cccc(-c3ncn[nH]3)c2)c1. The van der Waals surface area contributed by atoms with Crippen molar-refractivity contribution in [1.82, 2.24) is 29.9 Å². The molecule has 0 bridgehead atoms. The third-order valence-corrected chi connectivity index (χ3v) is 4.50. The van der Waals surface area contributed by atoms with Crippen molar-refractivity contribution < 1.29 is 5.11 Å². The van der Waals surface area contributed by atoms with Gasteiger partial charge >= 0.3 is 0 Å². The number of aliphatic hydroxyl groups is 1. The smallest absolute Gasteiger partial charge is 0.162 e. The number of aromatic amines is 1. The van der Waals surface area contributed by atoms with Crippen LogP contribution in [0.4, 0.5) is 0 Å². The van der Waals surface area contributed by atoms with Crippen molar-refractivity contribution in [2.45, 2.75) is 38.7 Å². The molecule has 1 aromatic carbocycles. The van der Waals surface area contributed by atoms with E-state index in [2.05, 4.69) is 31.3 Å². The fourth-order valence-corrected chi connectivity index (χ4v) is 3.15. The van der Waals surface area contributed by atoms with Gasteiger partial charge in [-0.3, -0.25) is 5.10 Å². The molecule has 0 amide bonds. The number of pyridine rings is 1. The second-order valence-electron chi connectivity index (χ2n) is 7.36. The van der Waals surface area contributed by atoms with Gasteiger partial charge < -0.3 is 5.11 Å². The molecule has 0 aliphatic rings. The maximum absolute atomic E-state index is 9.85. The summed E-state index contributed by atoms with van der Waals surface area (Å²) in [6, 6.07) is 10.1. The first-order valence-corrected chi connectivity index (χ1v) is 9.01. The molecule has 2 N–H and O–H groups in total. The Bertz CT molecular complexity index is 1050. The molecule has 0 fully saturated rings. The van der Waals surface area contributed by atoms with Crippen molar-refractivity contribution in [3.05, 3.63) is 54.6 Å². The van der Waals surface area contributed by atoms with Crippen molar-refractivity contribution in [2.75, 3.05) is 0 Å². The Morgan fingerprint density at radius 2 is 2.04 bits per heavy atom. The van der Waals surface area contributed by atoms with E-state index in [4.69, 9.17) is 0 Å². The van der Waals surface area contributed by atoms with Crippen molar-refractivity contribution in [2.24, 2.45) is 0 Å². The lowest BCUT2D eigenvalue weighted by Gasteiger charge is -2.16. The molecule has 7 heteroatoms. The Labute approximate surface area is 157 Å². The first kappa shape index (κ1) is 17.4. The minimum Gasteiger partial charge on any atom is -0.390 e. The summed E-state index contributed by atoms with van der Waals surface area (Å²) in [5.74, 6) is 0.718. The Morgan fingerprint density at radius 1 is 1.15 bits per heavy atom. The highest BCUT2D eigenvalue weighted by molar-refractivity contribution is 5.77. The average Bonchev–Trinajstić information content (AvgIpc) is 3.30. The lowest BCUT2D eigenvalue weighted by molar-refractivity contribution is 0.0689. The summed E-state index contributed by atoms with van der Waals surface area (Å²) < 4.78 is 1.83. The van der Waals surface area contributed by atoms with E-state index in [1.807, 2.05) is 55.2 Å². The summed E-state index contributed by atoms with van der Waals surface area (Å²) in [5.41, 5.74) is 3.20. The number of aryl methyl sites for hydroxylation is 1. The van der Waals surface area contributed by atoms with E-state index in [1.165, 1.54) is 6.33 Å². The van der Waals surface area contributed by atoms with Gasteiger partial charge in [-0.15, -0.1) is 0 Å². The molecule has 4 rings (SSSR count). The van der Waals surface area contributed by atoms with Gasteiger partial charge in [0, 0.05) is 17.1 Å². The van der Waals surface area contributed by atoms with Crippen LogP contribution >= 0.6 is 0 Å². The molecule has 27 heavy (non-hydrogen) atoms. The molecule has 0 aliphatic carbocycles. The van der Waals surface area contributed by atoms with Gasteiger partial charge in [0.25, 0.3) is 0 Å². The van der Waals surface area contributed by atoms with Crippen LogP contribution in [0.25, 0.3) is 28.1 Å². The number of rotatable bonds is 6. The minimum atomic E-state index is -0.628. The molecule has 0 saturated heterocycles. The molecule has 4 aromatic rings. The van der Waals surface area contributed by atoms with Gasteiger partial charge in [0.15, 0.2) is 11.5 Å². The Kier molecular flexibility index (Phi) is 4.45. The Hall–Kier alpha value is -3.06. The average molecular weight is 362 g/mol. The van der Waals surface area contributed by atoms with E-state index in [1.54, 1.807) is 0 Å². The van der Waals surface area contributed by atoms with Gasteiger partial charge in [-0.1, -0.05) is 12.1 Å². The molecular weight excluding hydrogens is 340 g/mol. The number of nitrogens with one attached hydrogen (secondary N) is 1. The van der Waals surface area contributed by atoms with Crippen LogP contribution in [0.5, 0.6) is 0 Å². The van der Waals surface area contributed by atoms with Gasteiger partial charge in [-0.2, -0.15) is 10.2 Å². The molecule has 0 radical (unpaired) electrons. The third kappa shape index (κ3) is 3.88. The summed E-state index contributed by atoms with van der Waals surface area (Å²) in [4.78, 5) is 8.83. The Balaban J connectivity index is 1.60. The summed E-state index contributed by atoms with van der Waals surface area (Å²) >= 11 is 0. The molecule has 7 nitrogen and oxygen atoms in total. The maximum Gasteiger partial charge on any atom is 0.162 e. The monoisotopic (exact) mass is 362 g/mol. The molecule has 3 aromatic heterocycles. The highest BCUT2D eigenvalue weighted by Gasteiger charge is 2.13. The van der Waals surface area contributed by atoms with Crippen molar-refractivity contribution in [3.63, 3.8) is 0 Å². The predicted octanol–water partition coefficient (Wildman–Crippen LogP) is 3.30. The molecule has 0 spiro atoms. The van der Waals surface area contributed by atoms with Gasteiger partial charge in [0.05, 0.1) is 17.5 Å². The van der Waals surface area contributed by atoms with Gasteiger partial charge in [0.2, 0.25) is 0 Å². The Morgan fingerprint density at radius 3 is 2.81 bits per heavy atom. The number of nitrogens with zero attached hydrogens (tertiary/aromatic N) is 5. The second kappa shape index (κ2) is 6.92. The molecule has 138 valence electrons. The third-order valence-electron chi connectivity index (χ3n) is 4.50. The van der Waals surface area contributed by atoms with E-state index in [0.717, 1.165) is 52.9 Å². The minimum absolute atomic E-state index is 0.628. The molecule has 0 atom stereocenters. The van der Waals surface area contributed by atoms with Crippen LogP contribution in [-0.2, 0) is 6.42 Å². The van der Waals surface area contributed by atoms with Gasteiger partial charge in [-0.25, -0.2) is 14.6 Å². The fourth-order valence-electron chi connectivity index (χ4n) is 3.15. The molecule has 0 aliphatic heterocycles. The molecule has 3 heterocycles. The normalized spacial score (nSPS) is 12.0. The topological polar surface area (TPSA) is 92.5 Å². The maximum atomic E-state index is 9.85. The van der Waals surface area contributed by atoms with Crippen LogP contribution in [0.15, 0.2) is 49.1 Å². The zero-order valence-corrected chi connectivity index (χ0v) is 15.4. The molecule has 0 saturated carbocycles. The fraction of sp³-hybridized carbons (Fsp3) is 0.300. The van der Waals surface area contributed by atoms with Crippen molar-refractivity contribution in [1.29, 1.82) is 0 Å². The number of hydrogen-bond donors (Lipinski definition) is 2. The van der Waals surface area contributed by atoms with Crippen LogP contribution in [0.1, 0.15) is 32.3 Å². The number of H-pyrrole nitrogens is 1. The van der Waals surface area contributed by atoms with Crippen LogP contribution < -0.4 is 0 Å². The number of hydrogen-bond acceptors (Lipinski definition) is 5. The second-order valence-corrected chi connectivity index (χ2v) is 7.36. The van der Waals surface area contributed by atoms with Gasteiger partial charge in [0.1, 0.15) is 6.33 Å². The van der Waals surface area contributed by atoms with Crippen molar-refractivity contribution >= 4 is 11.0 Å². The van der Waals surface area contributed by atoms with Crippen LogP contribution in [-0.4, -0.2) is 40.7 Å². The highest BCUT2D eigenvalue weighted by Crippen LogP contribution is 2.22. The van der Waals surface area contributed by atoms with E-state index in [0.29, 0.717) is 0 Å². The summed E-state index contributed by atoms with van der Waals surface area (Å²) in [6.07, 6.45) is 7.79. The largest absolute Gasteiger partial charge is 0.390 e. The summed E-state index contributed by atoms with van der Waals surface area (Å²) in [7, 11) is 0. The van der Waals surface area contributed by atoms with Crippen molar-refractivity contribution in [3.8, 4) is 17.1 Å². The molecular formula is C20H22N6O.